The molecule has 1 aromatic carbocycles. The first-order valence-electron chi connectivity index (χ1n) is 5.11. The number of nitrogen functional groups attached to an aromatic ring is 1. The van der Waals surface area contributed by atoms with Gasteiger partial charge in [-0.25, -0.2) is 0 Å². The Hall–Kier alpha value is -1.88. The van der Waals surface area contributed by atoms with E-state index >= 15 is 0 Å². The Morgan fingerprint density at radius 1 is 1.24 bits per heavy atom. The van der Waals surface area contributed by atoms with Crippen LogP contribution in [0.5, 0.6) is 0 Å². The van der Waals surface area contributed by atoms with E-state index in [2.05, 4.69) is 0 Å². The quantitative estimate of drug-likeness (QED) is 0.653. The molecule has 17 heavy (non-hydrogen) atoms. The molecule has 88 valence electrons. The van der Waals surface area contributed by atoms with Gasteiger partial charge < -0.3 is 5.73 Å². The van der Waals surface area contributed by atoms with E-state index in [1.165, 1.54) is 12.1 Å². The van der Waals surface area contributed by atoms with Crippen LogP contribution in [-0.2, 0) is 0 Å². The minimum Gasteiger partial charge on any atom is -0.398 e. The van der Waals surface area contributed by atoms with Crippen molar-refractivity contribution in [3.05, 3.63) is 44.8 Å². The van der Waals surface area contributed by atoms with Crippen LogP contribution < -0.4 is 5.73 Å². The lowest BCUT2D eigenvalue weighted by molar-refractivity contribution is -0.384. The van der Waals surface area contributed by atoms with Crippen LogP contribution in [0.25, 0.3) is 10.4 Å². The molecule has 0 aliphatic heterocycles. The van der Waals surface area contributed by atoms with Gasteiger partial charge in [0.15, 0.2) is 0 Å². The molecule has 4 nitrogen and oxygen atoms in total. The molecule has 0 radical (unpaired) electrons. The van der Waals surface area contributed by atoms with Gasteiger partial charge in [-0.15, -0.1) is 11.3 Å². The summed E-state index contributed by atoms with van der Waals surface area (Å²) in [5.74, 6) is 0. The third-order valence-electron chi connectivity index (χ3n) is 2.72. The van der Waals surface area contributed by atoms with Gasteiger partial charge in [0, 0.05) is 27.6 Å². The van der Waals surface area contributed by atoms with Gasteiger partial charge in [0.25, 0.3) is 5.69 Å². The Balaban J connectivity index is 2.47. The lowest BCUT2D eigenvalue weighted by Crippen LogP contribution is -1.88. The van der Waals surface area contributed by atoms with Gasteiger partial charge in [-0.05, 0) is 37.1 Å². The van der Waals surface area contributed by atoms with Crippen LogP contribution in [0.15, 0.2) is 24.3 Å². The monoisotopic (exact) mass is 248 g/mol. The molecule has 0 atom stereocenters. The Bertz CT molecular complexity index is 573. The maximum atomic E-state index is 10.6. The molecule has 0 saturated carbocycles. The largest absolute Gasteiger partial charge is 0.398 e. The van der Waals surface area contributed by atoms with Crippen molar-refractivity contribution in [2.75, 3.05) is 5.73 Å². The molecule has 0 bridgehead atoms. The van der Waals surface area contributed by atoms with Crippen LogP contribution >= 0.6 is 11.3 Å². The molecule has 1 heterocycles. The Morgan fingerprint density at radius 2 is 1.82 bits per heavy atom. The molecule has 0 aliphatic carbocycles. The first kappa shape index (κ1) is 11.6. The van der Waals surface area contributed by atoms with E-state index in [0.29, 0.717) is 0 Å². The fourth-order valence-corrected chi connectivity index (χ4v) is 2.77. The van der Waals surface area contributed by atoms with Crippen molar-refractivity contribution < 1.29 is 4.92 Å². The summed E-state index contributed by atoms with van der Waals surface area (Å²) < 4.78 is 0. The number of nitrogens with zero attached hydrogens (tertiary/aromatic N) is 1. The minimum absolute atomic E-state index is 0.104. The van der Waals surface area contributed by atoms with Crippen LogP contribution in [0, 0.1) is 24.0 Å². The summed E-state index contributed by atoms with van der Waals surface area (Å²) in [5.41, 5.74) is 8.85. The molecule has 2 N–H and O–H groups in total. The zero-order chi connectivity index (χ0) is 12.6. The highest BCUT2D eigenvalue weighted by molar-refractivity contribution is 7.16. The summed E-state index contributed by atoms with van der Waals surface area (Å²) in [6.07, 6.45) is 0. The highest BCUT2D eigenvalue weighted by atomic mass is 32.1. The molecule has 2 rings (SSSR count). The fraction of sp³-hybridized carbons (Fsp3) is 0.167. The summed E-state index contributed by atoms with van der Waals surface area (Å²) in [6.45, 7) is 3.94. The number of aryl methyl sites for hydroxylation is 1. The number of thiophene rings is 1. The van der Waals surface area contributed by atoms with Crippen molar-refractivity contribution in [3.63, 3.8) is 0 Å². The highest BCUT2D eigenvalue weighted by Gasteiger charge is 2.12. The van der Waals surface area contributed by atoms with E-state index in [-0.39, 0.29) is 5.69 Å². The number of nitro groups is 1. The Morgan fingerprint density at radius 3 is 2.24 bits per heavy atom. The molecule has 0 amide bonds. The highest BCUT2D eigenvalue weighted by Crippen LogP contribution is 2.37. The van der Waals surface area contributed by atoms with Crippen molar-refractivity contribution in [1.29, 1.82) is 0 Å². The third kappa shape index (κ3) is 2.01. The normalized spacial score (nSPS) is 10.5. The SMILES string of the molecule is Cc1sc(-c2ccc([N+](=O)[O-])cc2)c(C)c1N. The molecule has 0 aliphatic rings. The second-order valence-corrected chi connectivity index (χ2v) is 5.05. The van der Waals surface area contributed by atoms with Crippen LogP contribution in [0.1, 0.15) is 10.4 Å². The number of hydrogen-bond acceptors (Lipinski definition) is 4. The summed E-state index contributed by atoms with van der Waals surface area (Å²) in [4.78, 5) is 12.3. The van der Waals surface area contributed by atoms with Crippen molar-refractivity contribution in [1.82, 2.24) is 0 Å². The predicted octanol–water partition coefficient (Wildman–Crippen LogP) is 3.52. The van der Waals surface area contributed by atoms with E-state index in [9.17, 15) is 10.1 Å². The number of anilines is 1. The zero-order valence-corrected chi connectivity index (χ0v) is 10.4. The third-order valence-corrected chi connectivity index (χ3v) is 3.99. The van der Waals surface area contributed by atoms with Gasteiger partial charge in [0.2, 0.25) is 0 Å². The smallest absolute Gasteiger partial charge is 0.269 e. The number of non-ortho nitro benzene ring substituents is 1. The summed E-state index contributed by atoms with van der Waals surface area (Å²) in [6, 6.07) is 6.55. The average molecular weight is 248 g/mol. The number of rotatable bonds is 2. The molecule has 0 saturated heterocycles. The summed E-state index contributed by atoms with van der Waals surface area (Å²) in [5, 5.41) is 10.6. The minimum atomic E-state index is -0.398. The standard InChI is InChI=1S/C12H12N2O2S/c1-7-11(13)8(2)17-12(7)9-3-5-10(6-4-9)14(15)16/h3-6H,13H2,1-2H3. The average Bonchev–Trinajstić information content (AvgIpc) is 2.57. The van der Waals surface area contributed by atoms with Gasteiger partial charge in [0.1, 0.15) is 0 Å². The van der Waals surface area contributed by atoms with Gasteiger partial charge in [-0.3, -0.25) is 10.1 Å². The van der Waals surface area contributed by atoms with Crippen molar-refractivity contribution in [3.8, 4) is 10.4 Å². The maximum absolute atomic E-state index is 10.6. The second-order valence-electron chi connectivity index (χ2n) is 3.83. The van der Waals surface area contributed by atoms with Crippen molar-refractivity contribution in [2.45, 2.75) is 13.8 Å². The van der Waals surface area contributed by atoms with Crippen LogP contribution in [0.4, 0.5) is 11.4 Å². The number of benzene rings is 1. The molecule has 2 aromatic rings. The number of nitro benzene ring substituents is 1. The Labute approximate surface area is 103 Å². The van der Waals surface area contributed by atoms with E-state index in [1.54, 1.807) is 23.5 Å². The molecule has 5 heteroatoms. The fourth-order valence-electron chi connectivity index (χ4n) is 1.68. The van der Waals surface area contributed by atoms with E-state index in [0.717, 1.165) is 26.6 Å². The van der Waals surface area contributed by atoms with Gasteiger partial charge in [-0.2, -0.15) is 0 Å². The van der Waals surface area contributed by atoms with Crippen LogP contribution in [-0.4, -0.2) is 4.92 Å². The molecule has 1 aromatic heterocycles. The lowest BCUT2D eigenvalue weighted by Gasteiger charge is -1.99. The molecule has 0 spiro atoms. The van der Waals surface area contributed by atoms with E-state index in [4.69, 9.17) is 5.73 Å². The molecular formula is C12H12N2O2S. The van der Waals surface area contributed by atoms with E-state index in [1.807, 2.05) is 13.8 Å². The summed E-state index contributed by atoms with van der Waals surface area (Å²) >= 11 is 1.61. The molecule has 0 fully saturated rings. The van der Waals surface area contributed by atoms with Gasteiger partial charge in [-0.1, -0.05) is 0 Å². The summed E-state index contributed by atoms with van der Waals surface area (Å²) in [7, 11) is 0. The van der Waals surface area contributed by atoms with E-state index < -0.39 is 4.92 Å². The Kier molecular flexibility index (Phi) is 2.85. The lowest BCUT2D eigenvalue weighted by atomic mass is 10.1. The maximum Gasteiger partial charge on any atom is 0.269 e. The topological polar surface area (TPSA) is 69.2 Å². The van der Waals surface area contributed by atoms with Gasteiger partial charge in [0.05, 0.1) is 4.92 Å². The molecule has 0 unspecified atom stereocenters. The van der Waals surface area contributed by atoms with Crippen LogP contribution in [0.3, 0.4) is 0 Å². The van der Waals surface area contributed by atoms with Crippen molar-refractivity contribution in [2.24, 2.45) is 0 Å². The van der Waals surface area contributed by atoms with Gasteiger partial charge >= 0.3 is 0 Å². The second kappa shape index (κ2) is 4.18. The molecular weight excluding hydrogens is 236 g/mol. The zero-order valence-electron chi connectivity index (χ0n) is 9.56. The first-order chi connectivity index (χ1) is 8.00. The first-order valence-corrected chi connectivity index (χ1v) is 5.92. The van der Waals surface area contributed by atoms with Crippen LogP contribution in [0.2, 0.25) is 0 Å². The predicted molar refractivity (Wildman–Crippen MR) is 70.3 cm³/mol. The van der Waals surface area contributed by atoms with Crippen molar-refractivity contribution >= 4 is 22.7 Å². The number of hydrogen-bond donors (Lipinski definition) is 1. The number of nitrogens with two attached hydrogens (primary N) is 1.